The highest BCUT2D eigenvalue weighted by Gasteiger charge is 2.15. The molecule has 1 unspecified atom stereocenters. The van der Waals surface area contributed by atoms with Crippen LogP contribution in [0.25, 0.3) is 21.9 Å². The minimum absolute atomic E-state index is 0.209. The quantitative estimate of drug-likeness (QED) is 0.573. The van der Waals surface area contributed by atoms with Crippen LogP contribution >= 0.6 is 0 Å². The van der Waals surface area contributed by atoms with Gasteiger partial charge in [-0.3, -0.25) is 4.79 Å². The predicted octanol–water partition coefficient (Wildman–Crippen LogP) is 4.99. The van der Waals surface area contributed by atoms with E-state index in [2.05, 4.69) is 5.32 Å². The fourth-order valence-electron chi connectivity index (χ4n) is 2.80. The number of nitrogens with one attached hydrogen (secondary N) is 1. The first-order valence-corrected chi connectivity index (χ1v) is 8.14. The average molecular weight is 331 g/mol. The Labute approximate surface area is 145 Å². The highest BCUT2D eigenvalue weighted by Crippen LogP contribution is 2.30. The topological polar surface area (TPSA) is 51.5 Å². The van der Waals surface area contributed by atoms with Gasteiger partial charge in [0.1, 0.15) is 16.9 Å². The van der Waals surface area contributed by atoms with Crippen molar-refractivity contribution in [2.45, 2.75) is 13.0 Å². The third-order valence-corrected chi connectivity index (χ3v) is 4.07. The zero-order valence-electron chi connectivity index (χ0n) is 13.7. The molecule has 1 atom stereocenters. The molecule has 4 heteroatoms. The summed E-state index contributed by atoms with van der Waals surface area (Å²) in [6.07, 6.45) is -0.603. The minimum atomic E-state index is -0.603. The summed E-state index contributed by atoms with van der Waals surface area (Å²) in [6, 6.07) is 22.8. The third-order valence-electron chi connectivity index (χ3n) is 4.07. The van der Waals surface area contributed by atoms with Gasteiger partial charge >= 0.3 is 0 Å². The summed E-state index contributed by atoms with van der Waals surface area (Å²) < 4.78 is 11.5. The van der Waals surface area contributed by atoms with Gasteiger partial charge in [0.2, 0.25) is 0 Å². The Morgan fingerprint density at radius 3 is 2.48 bits per heavy atom. The summed E-state index contributed by atoms with van der Waals surface area (Å²) in [5.74, 6) is 0.456. The number of ether oxygens (including phenoxy) is 1. The first-order chi connectivity index (χ1) is 12.2. The highest BCUT2D eigenvalue weighted by atomic mass is 16.5. The maximum Gasteiger partial charge on any atom is 0.265 e. The molecule has 1 aromatic heterocycles. The fraction of sp³-hybridized carbons (Fsp3) is 0.0952. The van der Waals surface area contributed by atoms with Crippen molar-refractivity contribution >= 4 is 33.5 Å². The van der Waals surface area contributed by atoms with E-state index in [1.165, 1.54) is 0 Å². The summed E-state index contributed by atoms with van der Waals surface area (Å²) >= 11 is 0. The van der Waals surface area contributed by atoms with Crippen molar-refractivity contribution in [3.8, 4) is 5.75 Å². The molecule has 1 N–H and O–H groups in total. The number of amides is 1. The zero-order valence-corrected chi connectivity index (χ0v) is 13.7. The summed E-state index contributed by atoms with van der Waals surface area (Å²) in [5, 5.41) is 4.97. The van der Waals surface area contributed by atoms with Gasteiger partial charge in [-0.2, -0.15) is 0 Å². The second-order valence-corrected chi connectivity index (χ2v) is 5.87. The summed E-state index contributed by atoms with van der Waals surface area (Å²) in [7, 11) is 0. The van der Waals surface area contributed by atoms with Crippen LogP contribution in [-0.4, -0.2) is 12.0 Å². The van der Waals surface area contributed by atoms with E-state index in [9.17, 15) is 4.79 Å². The molecule has 0 fully saturated rings. The molecule has 3 aromatic carbocycles. The van der Waals surface area contributed by atoms with Gasteiger partial charge in [0.05, 0.1) is 0 Å². The number of fused-ring (bicyclic) bond motifs is 3. The number of benzene rings is 3. The van der Waals surface area contributed by atoms with Crippen molar-refractivity contribution in [3.63, 3.8) is 0 Å². The number of carbonyl (C=O) groups excluding carboxylic acids is 1. The van der Waals surface area contributed by atoms with Crippen LogP contribution in [0.5, 0.6) is 5.75 Å². The van der Waals surface area contributed by atoms with Crippen LogP contribution < -0.4 is 10.1 Å². The first kappa shape index (κ1) is 15.3. The molecule has 0 aliphatic carbocycles. The van der Waals surface area contributed by atoms with E-state index in [-0.39, 0.29) is 5.91 Å². The van der Waals surface area contributed by atoms with Crippen LogP contribution in [0.2, 0.25) is 0 Å². The van der Waals surface area contributed by atoms with E-state index < -0.39 is 6.10 Å². The predicted molar refractivity (Wildman–Crippen MR) is 98.9 cm³/mol. The van der Waals surface area contributed by atoms with Crippen molar-refractivity contribution in [1.29, 1.82) is 0 Å². The Bertz CT molecular complexity index is 1040. The lowest BCUT2D eigenvalue weighted by Gasteiger charge is -2.14. The maximum atomic E-state index is 12.4. The summed E-state index contributed by atoms with van der Waals surface area (Å²) in [5.41, 5.74) is 2.26. The number of furan rings is 1. The molecular formula is C21H17NO3. The number of carbonyl (C=O) groups is 1. The molecule has 1 heterocycles. The monoisotopic (exact) mass is 331 g/mol. The second-order valence-electron chi connectivity index (χ2n) is 5.87. The SMILES string of the molecule is CC(Oc1ccccc1)C(=O)Nc1ccc2c(c1)oc1ccccc12. The summed E-state index contributed by atoms with van der Waals surface area (Å²) in [4.78, 5) is 12.4. The lowest BCUT2D eigenvalue weighted by Crippen LogP contribution is -2.30. The molecule has 0 radical (unpaired) electrons. The van der Waals surface area contributed by atoms with E-state index in [0.717, 1.165) is 21.9 Å². The van der Waals surface area contributed by atoms with Crippen LogP contribution in [0.4, 0.5) is 5.69 Å². The molecule has 0 aliphatic rings. The van der Waals surface area contributed by atoms with Crippen LogP contribution in [0.15, 0.2) is 77.2 Å². The van der Waals surface area contributed by atoms with Crippen molar-refractivity contribution in [3.05, 3.63) is 72.8 Å². The van der Waals surface area contributed by atoms with Gasteiger partial charge in [-0.05, 0) is 37.3 Å². The van der Waals surface area contributed by atoms with Gasteiger partial charge < -0.3 is 14.5 Å². The Balaban J connectivity index is 1.53. The summed E-state index contributed by atoms with van der Waals surface area (Å²) in [6.45, 7) is 1.72. The van der Waals surface area contributed by atoms with E-state index in [1.54, 1.807) is 6.92 Å². The standard InChI is InChI=1S/C21H17NO3/c1-14(24-16-7-3-2-4-8-16)21(23)22-15-11-12-18-17-9-5-6-10-19(17)25-20(18)13-15/h2-14H,1H3,(H,22,23). The smallest absolute Gasteiger partial charge is 0.265 e. The lowest BCUT2D eigenvalue weighted by molar-refractivity contribution is -0.122. The van der Waals surface area contributed by atoms with E-state index in [1.807, 2.05) is 72.8 Å². The van der Waals surface area contributed by atoms with Crippen LogP contribution in [0.3, 0.4) is 0 Å². The molecule has 1 amide bonds. The number of rotatable bonds is 4. The van der Waals surface area contributed by atoms with Crippen LogP contribution in [0, 0.1) is 0 Å². The minimum Gasteiger partial charge on any atom is -0.481 e. The Hall–Kier alpha value is -3.27. The van der Waals surface area contributed by atoms with E-state index >= 15 is 0 Å². The average Bonchev–Trinajstić information content (AvgIpc) is 3.00. The van der Waals surface area contributed by atoms with Gasteiger partial charge in [-0.1, -0.05) is 36.4 Å². The number of anilines is 1. The number of para-hydroxylation sites is 2. The molecule has 4 rings (SSSR count). The normalized spacial score (nSPS) is 12.2. The van der Waals surface area contributed by atoms with Gasteiger partial charge in [-0.25, -0.2) is 0 Å². The lowest BCUT2D eigenvalue weighted by atomic mass is 10.1. The van der Waals surface area contributed by atoms with Gasteiger partial charge in [0.25, 0.3) is 5.91 Å². The zero-order chi connectivity index (χ0) is 17.2. The molecule has 0 aliphatic heterocycles. The molecule has 124 valence electrons. The first-order valence-electron chi connectivity index (χ1n) is 8.14. The van der Waals surface area contributed by atoms with E-state index in [4.69, 9.17) is 9.15 Å². The molecule has 0 bridgehead atoms. The van der Waals surface area contributed by atoms with Crippen LogP contribution in [-0.2, 0) is 4.79 Å². The largest absolute Gasteiger partial charge is 0.481 e. The Kier molecular flexibility index (Phi) is 3.86. The molecule has 0 spiro atoms. The Morgan fingerprint density at radius 2 is 1.64 bits per heavy atom. The third kappa shape index (κ3) is 3.06. The molecule has 0 saturated carbocycles. The van der Waals surface area contributed by atoms with E-state index in [0.29, 0.717) is 11.4 Å². The Morgan fingerprint density at radius 1 is 0.920 bits per heavy atom. The molecule has 25 heavy (non-hydrogen) atoms. The van der Waals surface area contributed by atoms with Crippen molar-refractivity contribution in [1.82, 2.24) is 0 Å². The van der Waals surface area contributed by atoms with Crippen molar-refractivity contribution in [2.75, 3.05) is 5.32 Å². The number of hydrogen-bond donors (Lipinski definition) is 1. The van der Waals surface area contributed by atoms with Gasteiger partial charge in [-0.15, -0.1) is 0 Å². The molecule has 4 nitrogen and oxygen atoms in total. The molecule has 0 saturated heterocycles. The second kappa shape index (κ2) is 6.32. The fourth-order valence-corrected chi connectivity index (χ4v) is 2.80. The van der Waals surface area contributed by atoms with Crippen LogP contribution in [0.1, 0.15) is 6.92 Å². The maximum absolute atomic E-state index is 12.4. The molecule has 4 aromatic rings. The van der Waals surface area contributed by atoms with Gasteiger partial charge in [0, 0.05) is 22.5 Å². The number of hydrogen-bond acceptors (Lipinski definition) is 3. The van der Waals surface area contributed by atoms with Crippen molar-refractivity contribution in [2.24, 2.45) is 0 Å². The van der Waals surface area contributed by atoms with Crippen molar-refractivity contribution < 1.29 is 13.9 Å². The molecular weight excluding hydrogens is 314 g/mol. The highest BCUT2D eigenvalue weighted by molar-refractivity contribution is 6.06. The van der Waals surface area contributed by atoms with Gasteiger partial charge in [0.15, 0.2) is 6.10 Å².